The number of hydrogen-bond acceptors (Lipinski definition) is 3. The quantitative estimate of drug-likeness (QED) is 0.753. The summed E-state index contributed by atoms with van der Waals surface area (Å²) >= 11 is 0. The summed E-state index contributed by atoms with van der Waals surface area (Å²) in [5.74, 6) is 0.594. The lowest BCUT2D eigenvalue weighted by molar-refractivity contribution is 0.119. The molecule has 0 bridgehead atoms. The molecule has 1 atom stereocenters. The lowest BCUT2D eigenvalue weighted by atomic mass is 9.94. The molecule has 1 aromatic rings. The fourth-order valence-corrected chi connectivity index (χ4v) is 2.93. The van der Waals surface area contributed by atoms with Gasteiger partial charge in [0.1, 0.15) is 0 Å². The van der Waals surface area contributed by atoms with Crippen molar-refractivity contribution in [3.8, 4) is 0 Å². The highest BCUT2D eigenvalue weighted by atomic mass is 16.3. The molecule has 1 saturated carbocycles. The normalized spacial score (nSPS) is 18.5. The monoisotopic (exact) mass is 265 g/mol. The van der Waals surface area contributed by atoms with Gasteiger partial charge in [0.2, 0.25) is 0 Å². The summed E-state index contributed by atoms with van der Waals surface area (Å²) in [6.07, 6.45) is 4.40. The third-order valence-corrected chi connectivity index (χ3v) is 4.24. The molecule has 108 valence electrons. The van der Waals surface area contributed by atoms with Gasteiger partial charge in [-0.25, -0.2) is 0 Å². The van der Waals surface area contributed by atoms with E-state index >= 15 is 0 Å². The zero-order valence-corrected chi connectivity index (χ0v) is 12.4. The molecule has 4 heteroatoms. The van der Waals surface area contributed by atoms with Gasteiger partial charge in [-0.15, -0.1) is 0 Å². The minimum atomic E-state index is -0.185. The highest BCUT2D eigenvalue weighted by Crippen LogP contribution is 2.40. The maximum atomic E-state index is 9.90. The van der Waals surface area contributed by atoms with Crippen molar-refractivity contribution < 1.29 is 5.11 Å². The highest BCUT2D eigenvalue weighted by Gasteiger charge is 2.45. The molecule has 0 aliphatic heterocycles. The van der Waals surface area contributed by atoms with Crippen LogP contribution in [0.5, 0.6) is 0 Å². The van der Waals surface area contributed by atoms with Crippen molar-refractivity contribution in [2.24, 2.45) is 5.92 Å². The minimum absolute atomic E-state index is 0.185. The van der Waals surface area contributed by atoms with Crippen LogP contribution in [0.3, 0.4) is 0 Å². The second-order valence-electron chi connectivity index (χ2n) is 5.61. The van der Waals surface area contributed by atoms with E-state index in [4.69, 9.17) is 5.10 Å². The molecule has 1 fully saturated rings. The molecule has 1 aromatic heterocycles. The predicted octanol–water partition coefficient (Wildman–Crippen LogP) is 1.76. The van der Waals surface area contributed by atoms with Crippen molar-refractivity contribution in [3.63, 3.8) is 0 Å². The van der Waals surface area contributed by atoms with Crippen molar-refractivity contribution in [1.29, 1.82) is 0 Å². The molecular formula is C15H27N3O. The van der Waals surface area contributed by atoms with Crippen LogP contribution in [-0.4, -0.2) is 33.6 Å². The Balaban J connectivity index is 2.22. The molecule has 4 nitrogen and oxygen atoms in total. The SMILES string of the molecule is CCNC(CO)(Cn1nc(CC)cc1CC)C1CC1. The zero-order chi connectivity index (χ0) is 13.9. The van der Waals surface area contributed by atoms with Gasteiger partial charge < -0.3 is 10.4 Å². The smallest absolute Gasteiger partial charge is 0.0641 e. The van der Waals surface area contributed by atoms with Crippen LogP contribution in [0.15, 0.2) is 6.07 Å². The number of aryl methyl sites for hydroxylation is 2. The van der Waals surface area contributed by atoms with Crippen LogP contribution in [0, 0.1) is 5.92 Å². The van der Waals surface area contributed by atoms with E-state index in [0.29, 0.717) is 5.92 Å². The van der Waals surface area contributed by atoms with Crippen LogP contribution in [0.25, 0.3) is 0 Å². The Morgan fingerprint density at radius 3 is 2.58 bits per heavy atom. The Morgan fingerprint density at radius 2 is 2.11 bits per heavy atom. The van der Waals surface area contributed by atoms with Gasteiger partial charge in [0.25, 0.3) is 0 Å². The van der Waals surface area contributed by atoms with E-state index in [-0.39, 0.29) is 12.1 Å². The maximum Gasteiger partial charge on any atom is 0.0641 e. The average Bonchev–Trinajstić information content (AvgIpc) is 3.20. The van der Waals surface area contributed by atoms with E-state index in [9.17, 15) is 5.11 Å². The number of rotatable bonds is 8. The second kappa shape index (κ2) is 6.06. The van der Waals surface area contributed by atoms with Crippen LogP contribution < -0.4 is 5.32 Å². The zero-order valence-electron chi connectivity index (χ0n) is 12.4. The number of likely N-dealkylation sites (N-methyl/N-ethyl adjacent to an activating group) is 1. The second-order valence-corrected chi connectivity index (χ2v) is 5.61. The molecule has 0 spiro atoms. The summed E-state index contributed by atoms with van der Waals surface area (Å²) in [6, 6.07) is 2.20. The molecule has 2 rings (SSSR count). The first-order valence-electron chi connectivity index (χ1n) is 7.60. The first kappa shape index (κ1) is 14.5. The van der Waals surface area contributed by atoms with Crippen molar-refractivity contribution in [2.75, 3.05) is 13.2 Å². The summed E-state index contributed by atoms with van der Waals surface area (Å²) in [5.41, 5.74) is 2.24. The number of hydrogen-bond donors (Lipinski definition) is 2. The van der Waals surface area contributed by atoms with Gasteiger partial charge in [0, 0.05) is 5.69 Å². The third kappa shape index (κ3) is 3.00. The summed E-state index contributed by atoms with van der Waals surface area (Å²) in [4.78, 5) is 0. The molecular weight excluding hydrogens is 238 g/mol. The lowest BCUT2D eigenvalue weighted by Gasteiger charge is -2.33. The van der Waals surface area contributed by atoms with Gasteiger partial charge in [-0.05, 0) is 44.2 Å². The fraction of sp³-hybridized carbons (Fsp3) is 0.800. The summed E-state index contributed by atoms with van der Waals surface area (Å²) in [6.45, 7) is 8.27. The van der Waals surface area contributed by atoms with Crippen molar-refractivity contribution >= 4 is 0 Å². The van der Waals surface area contributed by atoms with Crippen LogP contribution >= 0.6 is 0 Å². The van der Waals surface area contributed by atoms with E-state index in [0.717, 1.165) is 31.6 Å². The largest absolute Gasteiger partial charge is 0.394 e. The van der Waals surface area contributed by atoms with Gasteiger partial charge >= 0.3 is 0 Å². The Hall–Kier alpha value is -0.870. The van der Waals surface area contributed by atoms with E-state index in [2.05, 4.69) is 36.8 Å². The fourth-order valence-electron chi connectivity index (χ4n) is 2.93. The minimum Gasteiger partial charge on any atom is -0.394 e. The molecule has 1 aliphatic rings. The third-order valence-electron chi connectivity index (χ3n) is 4.24. The Bertz CT molecular complexity index is 412. The highest BCUT2D eigenvalue weighted by molar-refractivity contribution is 5.12. The molecule has 2 N–H and O–H groups in total. The molecule has 1 unspecified atom stereocenters. The first-order chi connectivity index (χ1) is 9.19. The first-order valence-corrected chi connectivity index (χ1v) is 7.60. The van der Waals surface area contributed by atoms with E-state index in [1.54, 1.807) is 0 Å². The molecule has 1 heterocycles. The number of aliphatic hydroxyl groups is 1. The number of nitrogens with zero attached hydrogens (tertiary/aromatic N) is 2. The van der Waals surface area contributed by atoms with E-state index in [1.165, 1.54) is 18.5 Å². The maximum absolute atomic E-state index is 9.90. The molecule has 1 aliphatic carbocycles. The lowest BCUT2D eigenvalue weighted by Crippen LogP contribution is -2.54. The predicted molar refractivity (Wildman–Crippen MR) is 77.2 cm³/mol. The van der Waals surface area contributed by atoms with E-state index < -0.39 is 0 Å². The van der Waals surface area contributed by atoms with Crippen molar-refractivity contribution in [3.05, 3.63) is 17.5 Å². The standard InChI is InChI=1S/C15H27N3O/c1-4-13-9-14(5-2)18(17-13)10-15(11-19,16-6-3)12-7-8-12/h9,12,16,19H,4-8,10-11H2,1-3H3. The average molecular weight is 265 g/mol. The van der Waals surface area contributed by atoms with Gasteiger partial charge in [0.15, 0.2) is 0 Å². The topological polar surface area (TPSA) is 50.1 Å². The van der Waals surface area contributed by atoms with Gasteiger partial charge in [-0.2, -0.15) is 5.10 Å². The summed E-state index contributed by atoms with van der Waals surface area (Å²) in [7, 11) is 0. The van der Waals surface area contributed by atoms with Crippen LogP contribution in [0.4, 0.5) is 0 Å². The van der Waals surface area contributed by atoms with Crippen LogP contribution in [-0.2, 0) is 19.4 Å². The molecule has 0 aromatic carbocycles. The Labute approximate surface area is 116 Å². The van der Waals surface area contributed by atoms with Crippen LogP contribution in [0.2, 0.25) is 0 Å². The van der Waals surface area contributed by atoms with Gasteiger partial charge in [-0.3, -0.25) is 4.68 Å². The van der Waals surface area contributed by atoms with Crippen molar-refractivity contribution in [1.82, 2.24) is 15.1 Å². The number of aliphatic hydroxyl groups excluding tert-OH is 1. The Kier molecular flexibility index (Phi) is 4.63. The van der Waals surface area contributed by atoms with Crippen molar-refractivity contribution in [2.45, 2.75) is 58.5 Å². The summed E-state index contributed by atoms with van der Waals surface area (Å²) < 4.78 is 2.11. The van der Waals surface area contributed by atoms with Crippen LogP contribution in [0.1, 0.15) is 45.0 Å². The Morgan fingerprint density at radius 1 is 1.37 bits per heavy atom. The molecule has 0 radical (unpaired) electrons. The van der Waals surface area contributed by atoms with E-state index in [1.807, 2.05) is 0 Å². The summed E-state index contributed by atoms with van der Waals surface area (Å²) in [5, 5.41) is 18.1. The molecule has 0 saturated heterocycles. The van der Waals surface area contributed by atoms with Gasteiger partial charge in [0.05, 0.1) is 24.4 Å². The molecule has 19 heavy (non-hydrogen) atoms. The molecule has 0 amide bonds. The van der Waals surface area contributed by atoms with Gasteiger partial charge in [-0.1, -0.05) is 20.8 Å². The number of nitrogens with one attached hydrogen (secondary N) is 1. The number of aromatic nitrogens is 2.